The van der Waals surface area contributed by atoms with E-state index < -0.39 is 32.8 Å². The largest absolute Gasteiger partial charge is 0.468 e. The quantitative estimate of drug-likeness (QED) is 0.456. The topological polar surface area (TPSA) is 156 Å². The van der Waals surface area contributed by atoms with Gasteiger partial charge in [0.2, 0.25) is 5.88 Å². The van der Waals surface area contributed by atoms with E-state index in [0.717, 1.165) is 0 Å². The zero-order valence-electron chi connectivity index (χ0n) is 22.0. The Morgan fingerprint density at radius 1 is 1.21 bits per heavy atom. The summed E-state index contributed by atoms with van der Waals surface area (Å²) in [5.41, 5.74) is -0.522. The van der Waals surface area contributed by atoms with Gasteiger partial charge in [-0.3, -0.25) is 9.59 Å². The maximum absolute atomic E-state index is 13.7. The fourth-order valence-electron chi connectivity index (χ4n) is 4.25. The van der Waals surface area contributed by atoms with Crippen LogP contribution in [0.4, 0.5) is 5.69 Å². The van der Waals surface area contributed by atoms with Gasteiger partial charge in [-0.05, 0) is 64.4 Å². The van der Waals surface area contributed by atoms with Crippen molar-refractivity contribution in [2.75, 3.05) is 16.8 Å². The monoisotopic (exact) mass is 570 g/mol. The molecule has 3 heterocycles. The first-order chi connectivity index (χ1) is 18.1. The Labute approximate surface area is 231 Å². The fraction of sp³-hybridized carbons (Fsp3) is 0.346. The summed E-state index contributed by atoms with van der Waals surface area (Å²) >= 11 is 6.34. The van der Waals surface area contributed by atoms with Crippen molar-refractivity contribution in [3.8, 4) is 17.8 Å². The maximum atomic E-state index is 13.7. The van der Waals surface area contributed by atoms with Crippen molar-refractivity contribution >= 4 is 38.9 Å². The molecule has 4 rings (SSSR count). The van der Waals surface area contributed by atoms with E-state index in [1.165, 1.54) is 23.0 Å². The molecule has 1 aromatic carbocycles. The molecule has 2 N–H and O–H groups in total. The minimum absolute atomic E-state index is 0.00141. The summed E-state index contributed by atoms with van der Waals surface area (Å²) in [7, 11) is -3.20. The Morgan fingerprint density at radius 3 is 2.49 bits per heavy atom. The Bertz CT molecular complexity index is 1620. The molecule has 3 aromatic rings. The van der Waals surface area contributed by atoms with E-state index in [-0.39, 0.29) is 50.7 Å². The summed E-state index contributed by atoms with van der Waals surface area (Å²) in [5, 5.41) is 19.6. The molecule has 0 unspecified atom stereocenters. The zero-order valence-corrected chi connectivity index (χ0v) is 23.6. The first-order valence-electron chi connectivity index (χ1n) is 11.9. The van der Waals surface area contributed by atoms with E-state index in [1.807, 2.05) is 26.8 Å². The average molecular weight is 571 g/mol. The smallest absolute Gasteiger partial charge is 0.274 e. The van der Waals surface area contributed by atoms with E-state index in [1.54, 1.807) is 32.0 Å². The van der Waals surface area contributed by atoms with Crippen LogP contribution in [-0.4, -0.2) is 57.6 Å². The van der Waals surface area contributed by atoms with Crippen LogP contribution in [0.25, 0.3) is 5.82 Å². The Hall–Kier alpha value is -3.95. The molecule has 2 aromatic heterocycles. The number of aromatic nitrogens is 3. The van der Waals surface area contributed by atoms with Crippen molar-refractivity contribution in [2.45, 2.75) is 45.8 Å². The zero-order chi connectivity index (χ0) is 28.8. The highest BCUT2D eigenvalue weighted by Crippen LogP contribution is 2.31. The van der Waals surface area contributed by atoms with E-state index in [2.05, 4.69) is 20.7 Å². The Morgan fingerprint density at radius 2 is 1.90 bits per heavy atom. The van der Waals surface area contributed by atoms with Gasteiger partial charge in [0.1, 0.15) is 11.3 Å². The van der Waals surface area contributed by atoms with E-state index in [9.17, 15) is 23.3 Å². The number of nitrogens with one attached hydrogen (secondary N) is 2. The van der Waals surface area contributed by atoms with Gasteiger partial charge < -0.3 is 15.4 Å². The van der Waals surface area contributed by atoms with Crippen LogP contribution < -0.4 is 15.4 Å². The molecule has 0 saturated carbocycles. The summed E-state index contributed by atoms with van der Waals surface area (Å²) in [6, 6.07) is 9.54. The number of anilines is 1. The van der Waals surface area contributed by atoms with Crippen molar-refractivity contribution in [3.05, 3.63) is 63.9 Å². The second kappa shape index (κ2) is 9.98. The van der Waals surface area contributed by atoms with Crippen molar-refractivity contribution in [1.82, 2.24) is 20.1 Å². The number of carbonyl (C=O) groups excluding carboxylic acids is 2. The van der Waals surface area contributed by atoms with Crippen LogP contribution in [0.3, 0.4) is 0 Å². The molecule has 39 heavy (non-hydrogen) atoms. The molecule has 0 radical (unpaired) electrons. The van der Waals surface area contributed by atoms with Crippen LogP contribution >= 0.6 is 11.6 Å². The van der Waals surface area contributed by atoms with Crippen LogP contribution in [0.15, 0.2) is 36.5 Å². The van der Waals surface area contributed by atoms with Crippen LogP contribution in [0.5, 0.6) is 5.88 Å². The Balaban J connectivity index is 1.76. The number of pyridine rings is 1. The van der Waals surface area contributed by atoms with Gasteiger partial charge in [0.05, 0.1) is 39.4 Å². The molecule has 204 valence electrons. The number of aryl methyl sites for hydroxylation is 1. The molecule has 1 aliphatic heterocycles. The van der Waals surface area contributed by atoms with Crippen LogP contribution in [0, 0.1) is 18.3 Å². The van der Waals surface area contributed by atoms with Crippen molar-refractivity contribution in [1.29, 1.82) is 5.26 Å². The molecule has 1 fully saturated rings. The van der Waals surface area contributed by atoms with Crippen molar-refractivity contribution in [2.24, 2.45) is 0 Å². The van der Waals surface area contributed by atoms with Gasteiger partial charge in [-0.15, -0.1) is 5.10 Å². The number of rotatable bonds is 6. The summed E-state index contributed by atoms with van der Waals surface area (Å²) in [6.07, 6.45) is 1.48. The second-order valence-electron chi connectivity index (χ2n) is 10.7. The molecule has 0 bridgehead atoms. The number of carbonyl (C=O) groups is 2. The van der Waals surface area contributed by atoms with Gasteiger partial charge in [-0.1, -0.05) is 11.6 Å². The number of hydrogen-bond acceptors (Lipinski definition) is 8. The van der Waals surface area contributed by atoms with Crippen LogP contribution in [0.2, 0.25) is 5.02 Å². The standard InChI is InChI=1S/C26H27ClN6O5S/c1-15-9-16(12-28)10-17(23(34)31-25(2,3)4)21(15)30-24(35)19-11-20(38-26(5)13-39(36,37)14-26)32-33(19)22-18(27)7-6-8-29-22/h6-11H,13-14H2,1-5H3,(H,30,35)(H,31,34). The number of nitrogens with zero attached hydrogens (tertiary/aromatic N) is 4. The van der Waals surface area contributed by atoms with Crippen LogP contribution in [0.1, 0.15) is 59.7 Å². The molecule has 0 atom stereocenters. The number of ether oxygens (including phenoxy) is 1. The third kappa shape index (κ3) is 6.21. The average Bonchev–Trinajstić information content (AvgIpc) is 3.20. The van der Waals surface area contributed by atoms with Gasteiger partial charge >= 0.3 is 0 Å². The molecular weight excluding hydrogens is 544 g/mol. The molecule has 1 saturated heterocycles. The summed E-state index contributed by atoms with van der Waals surface area (Å²) in [4.78, 5) is 31.0. The van der Waals surface area contributed by atoms with E-state index >= 15 is 0 Å². The van der Waals surface area contributed by atoms with Crippen molar-refractivity contribution in [3.63, 3.8) is 0 Å². The predicted molar refractivity (Wildman–Crippen MR) is 145 cm³/mol. The number of hydrogen-bond donors (Lipinski definition) is 2. The highest BCUT2D eigenvalue weighted by Gasteiger charge is 2.47. The normalized spacial score (nSPS) is 15.5. The lowest BCUT2D eigenvalue weighted by molar-refractivity contribution is 0.0920. The molecule has 2 amide bonds. The molecular formula is C26H27ClN6O5S. The summed E-state index contributed by atoms with van der Waals surface area (Å²) in [6.45, 7) is 8.75. The van der Waals surface area contributed by atoms with E-state index in [4.69, 9.17) is 16.3 Å². The highest BCUT2D eigenvalue weighted by atomic mass is 35.5. The third-order valence-corrected chi connectivity index (χ3v) is 8.09. The molecule has 0 spiro atoms. The minimum Gasteiger partial charge on any atom is -0.468 e. The van der Waals surface area contributed by atoms with Gasteiger partial charge in [0.25, 0.3) is 11.8 Å². The maximum Gasteiger partial charge on any atom is 0.274 e. The van der Waals surface area contributed by atoms with Gasteiger partial charge in [-0.25, -0.2) is 18.1 Å². The minimum atomic E-state index is -3.20. The second-order valence-corrected chi connectivity index (χ2v) is 13.1. The fourth-order valence-corrected chi connectivity index (χ4v) is 6.34. The lowest BCUT2D eigenvalue weighted by Gasteiger charge is -2.36. The van der Waals surface area contributed by atoms with Crippen LogP contribution in [-0.2, 0) is 9.84 Å². The molecule has 13 heteroatoms. The summed E-state index contributed by atoms with van der Waals surface area (Å²) < 4.78 is 30.5. The van der Waals surface area contributed by atoms with Crippen molar-refractivity contribution < 1.29 is 22.7 Å². The number of halogens is 1. The van der Waals surface area contributed by atoms with Gasteiger partial charge in [0, 0.05) is 17.8 Å². The first-order valence-corrected chi connectivity index (χ1v) is 14.1. The Kier molecular flexibility index (Phi) is 7.18. The number of sulfone groups is 1. The molecule has 11 nitrogen and oxygen atoms in total. The molecule has 0 aliphatic carbocycles. The lowest BCUT2D eigenvalue weighted by atomic mass is 10.0. The number of amides is 2. The van der Waals surface area contributed by atoms with E-state index in [0.29, 0.717) is 5.56 Å². The number of nitriles is 1. The number of benzene rings is 1. The van der Waals surface area contributed by atoms with Gasteiger partial charge in [0.15, 0.2) is 15.7 Å². The summed E-state index contributed by atoms with van der Waals surface area (Å²) in [5.74, 6) is -1.36. The predicted octanol–water partition coefficient (Wildman–Crippen LogP) is 3.45. The lowest BCUT2D eigenvalue weighted by Crippen LogP contribution is -2.56. The SMILES string of the molecule is Cc1cc(C#N)cc(C(=O)NC(C)(C)C)c1NC(=O)c1cc(OC2(C)CS(=O)(=O)C2)nn1-c1ncccc1Cl. The first kappa shape index (κ1) is 28.1. The van der Waals surface area contributed by atoms with Gasteiger partial charge in [-0.2, -0.15) is 5.26 Å². The highest BCUT2D eigenvalue weighted by molar-refractivity contribution is 7.93. The molecule has 1 aliphatic rings. The third-order valence-electron chi connectivity index (χ3n) is 5.70.